The van der Waals surface area contributed by atoms with Crippen molar-refractivity contribution in [1.82, 2.24) is 4.90 Å². The Hall–Kier alpha value is -0.620. The molecule has 1 rings (SSSR count). The number of carboxylic acid groups (broad SMARTS) is 1. The van der Waals surface area contributed by atoms with E-state index in [1.807, 2.05) is 13.8 Å². The molecule has 0 aromatic rings. The molecule has 0 amide bonds. The van der Waals surface area contributed by atoms with Gasteiger partial charge in [-0.2, -0.15) is 0 Å². The van der Waals surface area contributed by atoms with Crippen LogP contribution in [0.5, 0.6) is 0 Å². The Bertz CT molecular complexity index is 418. The van der Waals surface area contributed by atoms with Crippen molar-refractivity contribution >= 4 is 15.8 Å². The topological polar surface area (TPSA) is 74.7 Å². The number of hydrogen-bond donors (Lipinski definition) is 1. The van der Waals surface area contributed by atoms with Crippen LogP contribution in [0, 0.1) is 11.3 Å². The number of sulfone groups is 1. The molecule has 0 bridgehead atoms. The zero-order chi connectivity index (χ0) is 14.7. The smallest absolute Gasteiger partial charge is 0.311 e. The van der Waals surface area contributed by atoms with Gasteiger partial charge in [-0.05, 0) is 31.8 Å². The van der Waals surface area contributed by atoms with Crippen LogP contribution >= 0.6 is 0 Å². The van der Waals surface area contributed by atoms with E-state index >= 15 is 0 Å². The maximum atomic E-state index is 11.5. The van der Waals surface area contributed by atoms with Gasteiger partial charge in [0.25, 0.3) is 0 Å². The van der Waals surface area contributed by atoms with E-state index in [9.17, 15) is 18.3 Å². The fourth-order valence-corrected chi connectivity index (χ4v) is 3.51. The van der Waals surface area contributed by atoms with E-state index in [2.05, 4.69) is 4.90 Å². The van der Waals surface area contributed by atoms with Crippen LogP contribution in [-0.4, -0.2) is 55.5 Å². The number of rotatable bonds is 7. The van der Waals surface area contributed by atoms with E-state index in [-0.39, 0.29) is 17.4 Å². The maximum absolute atomic E-state index is 11.5. The minimum absolute atomic E-state index is 0.0920. The van der Waals surface area contributed by atoms with E-state index in [0.717, 1.165) is 6.54 Å². The van der Waals surface area contributed by atoms with Crippen molar-refractivity contribution in [1.29, 1.82) is 0 Å². The summed E-state index contributed by atoms with van der Waals surface area (Å²) in [6.45, 7) is 7.49. The van der Waals surface area contributed by atoms with Crippen molar-refractivity contribution in [2.75, 3.05) is 31.1 Å². The molecule has 0 aromatic heterocycles. The summed E-state index contributed by atoms with van der Waals surface area (Å²) < 4.78 is 22.8. The fourth-order valence-electron chi connectivity index (χ4n) is 2.65. The lowest BCUT2D eigenvalue weighted by molar-refractivity contribution is -0.151. The molecule has 1 atom stereocenters. The van der Waals surface area contributed by atoms with Gasteiger partial charge in [-0.25, -0.2) is 8.42 Å². The standard InChI is InChI=1S/C13H25NO4S/c1-4-19(17,18)9-5-7-14-8-6-13(10-14,11(2)3)12(15)16/h11H,4-10H2,1-3H3,(H,15,16). The molecular formula is C13H25NO4S. The quantitative estimate of drug-likeness (QED) is 0.764. The Labute approximate surface area is 115 Å². The van der Waals surface area contributed by atoms with Crippen LogP contribution in [0.15, 0.2) is 0 Å². The molecule has 1 fully saturated rings. The Morgan fingerprint density at radius 3 is 2.47 bits per heavy atom. The molecule has 5 nitrogen and oxygen atoms in total. The van der Waals surface area contributed by atoms with Crippen LogP contribution in [0.2, 0.25) is 0 Å². The molecule has 6 heteroatoms. The van der Waals surface area contributed by atoms with Gasteiger partial charge in [0, 0.05) is 12.3 Å². The first-order valence-corrected chi connectivity index (χ1v) is 8.72. The van der Waals surface area contributed by atoms with Gasteiger partial charge in [0.2, 0.25) is 0 Å². The van der Waals surface area contributed by atoms with Crippen molar-refractivity contribution in [2.24, 2.45) is 11.3 Å². The summed E-state index contributed by atoms with van der Waals surface area (Å²) >= 11 is 0. The zero-order valence-corrected chi connectivity index (χ0v) is 12.9. The minimum atomic E-state index is -2.92. The van der Waals surface area contributed by atoms with E-state index in [1.54, 1.807) is 6.92 Å². The highest BCUT2D eigenvalue weighted by Crippen LogP contribution is 2.38. The Kier molecular flexibility index (Phi) is 5.38. The average Bonchev–Trinajstić information content (AvgIpc) is 2.74. The number of carboxylic acids is 1. The van der Waals surface area contributed by atoms with Crippen molar-refractivity contribution in [3.8, 4) is 0 Å². The Morgan fingerprint density at radius 1 is 1.42 bits per heavy atom. The van der Waals surface area contributed by atoms with Crippen molar-refractivity contribution in [3.05, 3.63) is 0 Å². The second-order valence-corrected chi connectivity index (χ2v) is 8.20. The zero-order valence-electron chi connectivity index (χ0n) is 12.1. The molecule has 1 aliphatic heterocycles. The highest BCUT2D eigenvalue weighted by atomic mass is 32.2. The lowest BCUT2D eigenvalue weighted by Gasteiger charge is -2.28. The molecule has 1 saturated heterocycles. The Balaban J connectivity index is 2.50. The van der Waals surface area contributed by atoms with Crippen molar-refractivity contribution in [2.45, 2.75) is 33.6 Å². The first kappa shape index (κ1) is 16.4. The lowest BCUT2D eigenvalue weighted by atomic mass is 9.76. The summed E-state index contributed by atoms with van der Waals surface area (Å²) in [5.41, 5.74) is -0.663. The van der Waals surface area contributed by atoms with Gasteiger partial charge >= 0.3 is 5.97 Å². The number of carbonyl (C=O) groups is 1. The van der Waals surface area contributed by atoms with Crippen LogP contribution in [0.1, 0.15) is 33.6 Å². The van der Waals surface area contributed by atoms with Crippen LogP contribution in [-0.2, 0) is 14.6 Å². The normalized spacial score (nSPS) is 25.1. The first-order chi connectivity index (χ1) is 8.73. The van der Waals surface area contributed by atoms with Gasteiger partial charge in [-0.15, -0.1) is 0 Å². The molecule has 1 N–H and O–H groups in total. The predicted octanol–water partition coefficient (Wildman–Crippen LogP) is 1.24. The molecule has 0 aromatic carbocycles. The number of aliphatic carboxylic acids is 1. The predicted molar refractivity (Wildman–Crippen MR) is 74.9 cm³/mol. The van der Waals surface area contributed by atoms with Crippen molar-refractivity contribution in [3.63, 3.8) is 0 Å². The molecule has 0 aliphatic carbocycles. The van der Waals surface area contributed by atoms with Gasteiger partial charge in [-0.1, -0.05) is 20.8 Å². The van der Waals surface area contributed by atoms with Crippen LogP contribution in [0.4, 0.5) is 0 Å². The Morgan fingerprint density at radius 2 is 2.05 bits per heavy atom. The number of likely N-dealkylation sites (tertiary alicyclic amines) is 1. The van der Waals surface area contributed by atoms with E-state index in [4.69, 9.17) is 0 Å². The molecule has 0 spiro atoms. The molecule has 0 saturated carbocycles. The summed E-state index contributed by atoms with van der Waals surface area (Å²) in [6.07, 6.45) is 1.24. The molecule has 19 heavy (non-hydrogen) atoms. The summed E-state index contributed by atoms with van der Waals surface area (Å²) in [6, 6.07) is 0. The third kappa shape index (κ3) is 3.92. The fraction of sp³-hybridized carbons (Fsp3) is 0.923. The summed E-state index contributed by atoms with van der Waals surface area (Å²) in [5, 5.41) is 9.42. The van der Waals surface area contributed by atoms with E-state index in [1.165, 1.54) is 0 Å². The SMILES string of the molecule is CCS(=O)(=O)CCCN1CCC(C(=O)O)(C(C)C)C1. The molecule has 0 radical (unpaired) electrons. The summed E-state index contributed by atoms with van der Waals surface area (Å²) in [4.78, 5) is 13.6. The second-order valence-electron chi connectivity index (χ2n) is 5.73. The third-order valence-corrected chi connectivity index (χ3v) is 6.07. The van der Waals surface area contributed by atoms with Gasteiger partial charge in [0.15, 0.2) is 0 Å². The van der Waals surface area contributed by atoms with Gasteiger partial charge in [0.05, 0.1) is 11.2 Å². The average molecular weight is 291 g/mol. The van der Waals surface area contributed by atoms with Gasteiger partial charge in [0.1, 0.15) is 9.84 Å². The minimum Gasteiger partial charge on any atom is -0.481 e. The molecular weight excluding hydrogens is 266 g/mol. The van der Waals surface area contributed by atoms with Crippen LogP contribution in [0.25, 0.3) is 0 Å². The lowest BCUT2D eigenvalue weighted by Crippen LogP contribution is -2.39. The maximum Gasteiger partial charge on any atom is 0.311 e. The largest absolute Gasteiger partial charge is 0.481 e. The monoisotopic (exact) mass is 291 g/mol. The second kappa shape index (κ2) is 6.22. The van der Waals surface area contributed by atoms with E-state index in [0.29, 0.717) is 25.9 Å². The number of hydrogen-bond acceptors (Lipinski definition) is 4. The molecule has 1 unspecified atom stereocenters. The summed E-state index contributed by atoms with van der Waals surface area (Å²) in [5.74, 6) is -0.264. The highest BCUT2D eigenvalue weighted by molar-refractivity contribution is 7.91. The van der Waals surface area contributed by atoms with Gasteiger partial charge in [-0.3, -0.25) is 4.79 Å². The highest BCUT2D eigenvalue weighted by Gasteiger charge is 2.46. The third-order valence-electron chi connectivity index (χ3n) is 4.28. The van der Waals surface area contributed by atoms with Gasteiger partial charge < -0.3 is 10.0 Å². The van der Waals surface area contributed by atoms with E-state index < -0.39 is 21.2 Å². The summed E-state index contributed by atoms with van der Waals surface area (Å²) in [7, 11) is -2.92. The number of nitrogens with zero attached hydrogens (tertiary/aromatic N) is 1. The van der Waals surface area contributed by atoms with Crippen LogP contribution in [0.3, 0.4) is 0 Å². The van der Waals surface area contributed by atoms with Crippen molar-refractivity contribution < 1.29 is 18.3 Å². The first-order valence-electron chi connectivity index (χ1n) is 6.89. The molecule has 1 aliphatic rings. The van der Waals surface area contributed by atoms with Crippen LogP contribution < -0.4 is 0 Å². The molecule has 112 valence electrons. The molecule has 1 heterocycles.